The number of nitrogens with zero attached hydrogens (tertiary/aromatic N) is 2. The van der Waals surface area contributed by atoms with Crippen LogP contribution in [0.2, 0.25) is 5.02 Å². The number of halogens is 1. The van der Waals surface area contributed by atoms with Crippen LogP contribution in [0.3, 0.4) is 0 Å². The fourth-order valence-electron chi connectivity index (χ4n) is 1.29. The lowest BCUT2D eigenvalue weighted by Crippen LogP contribution is -2.24. The van der Waals surface area contributed by atoms with Crippen molar-refractivity contribution < 1.29 is 4.74 Å². The Morgan fingerprint density at radius 2 is 2.44 bits per heavy atom. The van der Waals surface area contributed by atoms with Crippen LogP contribution in [0.1, 0.15) is 18.9 Å². The van der Waals surface area contributed by atoms with Crippen molar-refractivity contribution in [3.05, 3.63) is 22.8 Å². The Balaban J connectivity index is 2.84. The minimum atomic E-state index is 0.143. The second-order valence-electron chi connectivity index (χ2n) is 3.34. The van der Waals surface area contributed by atoms with Crippen LogP contribution in [0.25, 0.3) is 0 Å². The summed E-state index contributed by atoms with van der Waals surface area (Å²) in [6, 6.07) is 3.75. The van der Waals surface area contributed by atoms with Gasteiger partial charge in [0.25, 0.3) is 0 Å². The molecular weight excluding hydrogens is 226 g/mol. The van der Waals surface area contributed by atoms with E-state index in [0.29, 0.717) is 23.0 Å². The average Bonchev–Trinajstić information content (AvgIpc) is 2.31. The van der Waals surface area contributed by atoms with Crippen molar-refractivity contribution >= 4 is 17.4 Å². The first kappa shape index (κ1) is 12.8. The summed E-state index contributed by atoms with van der Waals surface area (Å²) in [5, 5.41) is 12.3. The van der Waals surface area contributed by atoms with E-state index in [9.17, 15) is 0 Å². The van der Waals surface area contributed by atoms with Crippen LogP contribution in [0.5, 0.6) is 0 Å². The third-order valence-electron chi connectivity index (χ3n) is 2.21. The molecule has 16 heavy (non-hydrogen) atoms. The van der Waals surface area contributed by atoms with Gasteiger partial charge < -0.3 is 10.1 Å². The average molecular weight is 240 g/mol. The molecule has 1 aromatic heterocycles. The van der Waals surface area contributed by atoms with Gasteiger partial charge in [0.15, 0.2) is 0 Å². The van der Waals surface area contributed by atoms with Crippen molar-refractivity contribution in [2.24, 2.45) is 0 Å². The lowest BCUT2D eigenvalue weighted by atomic mass is 10.2. The normalized spacial score (nSPS) is 11.9. The Morgan fingerprint density at radius 1 is 1.69 bits per heavy atom. The lowest BCUT2D eigenvalue weighted by Gasteiger charge is -2.17. The number of aromatic nitrogens is 1. The van der Waals surface area contributed by atoms with Crippen LogP contribution >= 0.6 is 11.6 Å². The third kappa shape index (κ3) is 3.09. The Morgan fingerprint density at radius 3 is 3.00 bits per heavy atom. The summed E-state index contributed by atoms with van der Waals surface area (Å²) in [4.78, 5) is 4.11. The Bertz CT molecular complexity index is 389. The molecule has 0 aromatic carbocycles. The summed E-state index contributed by atoms with van der Waals surface area (Å²) in [6.45, 7) is 2.62. The van der Waals surface area contributed by atoms with Gasteiger partial charge in [0, 0.05) is 13.3 Å². The van der Waals surface area contributed by atoms with Crippen LogP contribution in [0.4, 0.5) is 5.82 Å². The molecule has 1 rings (SSSR count). The molecule has 0 amide bonds. The minimum absolute atomic E-state index is 0.143. The molecule has 0 aliphatic heterocycles. The highest BCUT2D eigenvalue weighted by Gasteiger charge is 2.11. The molecule has 0 radical (unpaired) electrons. The summed E-state index contributed by atoms with van der Waals surface area (Å²) < 4.78 is 5.07. The second-order valence-corrected chi connectivity index (χ2v) is 3.72. The van der Waals surface area contributed by atoms with Crippen molar-refractivity contribution in [3.63, 3.8) is 0 Å². The van der Waals surface area contributed by atoms with Crippen molar-refractivity contribution in [1.82, 2.24) is 4.98 Å². The third-order valence-corrected chi connectivity index (χ3v) is 2.59. The van der Waals surface area contributed by atoms with E-state index in [1.807, 2.05) is 13.0 Å². The summed E-state index contributed by atoms with van der Waals surface area (Å²) in [5.41, 5.74) is 0.423. The number of ether oxygens (including phenoxy) is 1. The maximum atomic E-state index is 8.82. The van der Waals surface area contributed by atoms with Gasteiger partial charge in [-0.25, -0.2) is 4.98 Å². The zero-order chi connectivity index (χ0) is 12.0. The SMILES string of the molecule is CCC(COC)Nc1nccc(C#N)c1Cl. The number of methoxy groups -OCH3 is 1. The van der Waals surface area contributed by atoms with E-state index in [2.05, 4.69) is 10.3 Å². The van der Waals surface area contributed by atoms with Crippen LogP contribution in [-0.2, 0) is 4.74 Å². The molecule has 0 bridgehead atoms. The van der Waals surface area contributed by atoms with Crippen LogP contribution in [0.15, 0.2) is 12.3 Å². The van der Waals surface area contributed by atoms with Gasteiger partial charge in [-0.05, 0) is 12.5 Å². The van der Waals surface area contributed by atoms with Crippen molar-refractivity contribution in [1.29, 1.82) is 5.26 Å². The van der Waals surface area contributed by atoms with Gasteiger partial charge in [0.05, 0.1) is 18.2 Å². The zero-order valence-corrected chi connectivity index (χ0v) is 10.1. The first-order valence-electron chi connectivity index (χ1n) is 5.03. The highest BCUT2D eigenvalue weighted by atomic mass is 35.5. The summed E-state index contributed by atoms with van der Waals surface area (Å²) in [7, 11) is 1.64. The number of anilines is 1. The van der Waals surface area contributed by atoms with E-state index in [1.165, 1.54) is 0 Å². The molecule has 0 spiro atoms. The molecule has 0 aliphatic carbocycles. The van der Waals surface area contributed by atoms with E-state index >= 15 is 0 Å². The topological polar surface area (TPSA) is 57.9 Å². The van der Waals surface area contributed by atoms with Gasteiger partial charge in [0.2, 0.25) is 0 Å². The molecule has 4 nitrogen and oxygen atoms in total. The van der Waals surface area contributed by atoms with Gasteiger partial charge in [-0.1, -0.05) is 18.5 Å². The molecule has 0 fully saturated rings. The van der Waals surface area contributed by atoms with Crippen molar-refractivity contribution in [2.45, 2.75) is 19.4 Å². The van der Waals surface area contributed by atoms with Crippen LogP contribution in [0, 0.1) is 11.3 Å². The Labute approximate surface area is 100 Å². The minimum Gasteiger partial charge on any atom is -0.383 e. The van der Waals surface area contributed by atoms with Crippen molar-refractivity contribution in [3.8, 4) is 6.07 Å². The molecule has 1 atom stereocenters. The van der Waals surface area contributed by atoms with E-state index in [4.69, 9.17) is 21.6 Å². The predicted octanol–water partition coefficient (Wildman–Crippen LogP) is 2.44. The monoisotopic (exact) mass is 239 g/mol. The Hall–Kier alpha value is -1.31. The molecule has 1 heterocycles. The molecule has 1 N–H and O–H groups in total. The van der Waals surface area contributed by atoms with E-state index < -0.39 is 0 Å². The van der Waals surface area contributed by atoms with E-state index in [0.717, 1.165) is 6.42 Å². The molecule has 86 valence electrons. The fourth-order valence-corrected chi connectivity index (χ4v) is 1.50. The maximum Gasteiger partial charge on any atom is 0.146 e. The van der Waals surface area contributed by atoms with Gasteiger partial charge in [-0.15, -0.1) is 0 Å². The highest BCUT2D eigenvalue weighted by molar-refractivity contribution is 6.34. The quantitative estimate of drug-likeness (QED) is 0.858. The largest absolute Gasteiger partial charge is 0.383 e. The predicted molar refractivity (Wildman–Crippen MR) is 63.5 cm³/mol. The first-order chi connectivity index (χ1) is 7.72. The number of hydrogen-bond acceptors (Lipinski definition) is 4. The summed E-state index contributed by atoms with van der Waals surface area (Å²) in [5.74, 6) is 0.532. The standard InChI is InChI=1S/C11H14ClN3O/c1-3-9(7-16-2)15-11-10(12)8(6-13)4-5-14-11/h4-5,9H,3,7H2,1-2H3,(H,14,15). The smallest absolute Gasteiger partial charge is 0.146 e. The number of rotatable bonds is 5. The van der Waals surface area contributed by atoms with Gasteiger partial charge in [0.1, 0.15) is 16.9 Å². The number of nitriles is 1. The molecule has 0 aliphatic rings. The zero-order valence-electron chi connectivity index (χ0n) is 9.33. The van der Waals surface area contributed by atoms with Crippen LogP contribution < -0.4 is 5.32 Å². The molecule has 1 aromatic rings. The molecule has 0 saturated heterocycles. The number of hydrogen-bond donors (Lipinski definition) is 1. The highest BCUT2D eigenvalue weighted by Crippen LogP contribution is 2.23. The second kappa shape index (κ2) is 6.31. The first-order valence-corrected chi connectivity index (χ1v) is 5.40. The van der Waals surface area contributed by atoms with E-state index in [1.54, 1.807) is 19.4 Å². The van der Waals surface area contributed by atoms with Crippen LogP contribution in [-0.4, -0.2) is 24.7 Å². The fraction of sp³-hybridized carbons (Fsp3) is 0.455. The van der Waals surface area contributed by atoms with E-state index in [-0.39, 0.29) is 6.04 Å². The van der Waals surface area contributed by atoms with Crippen molar-refractivity contribution in [2.75, 3.05) is 19.0 Å². The molecule has 1 unspecified atom stereocenters. The Kier molecular flexibility index (Phi) is 5.03. The summed E-state index contributed by atoms with van der Waals surface area (Å²) in [6.07, 6.45) is 2.45. The number of pyridine rings is 1. The van der Waals surface area contributed by atoms with Gasteiger partial charge in [-0.3, -0.25) is 0 Å². The van der Waals surface area contributed by atoms with Gasteiger partial charge >= 0.3 is 0 Å². The maximum absolute atomic E-state index is 8.82. The lowest BCUT2D eigenvalue weighted by molar-refractivity contribution is 0.184. The molecule has 5 heteroatoms. The summed E-state index contributed by atoms with van der Waals surface area (Å²) >= 11 is 6.02. The molecular formula is C11H14ClN3O. The van der Waals surface area contributed by atoms with Gasteiger partial charge in [-0.2, -0.15) is 5.26 Å². The number of nitrogens with one attached hydrogen (secondary N) is 1. The molecule has 0 saturated carbocycles.